The molecule has 190 valence electrons. The molecule has 0 amide bonds. The summed E-state index contributed by atoms with van der Waals surface area (Å²) in [5, 5.41) is 12.9. The number of aliphatic hydroxyl groups excluding tert-OH is 1. The van der Waals surface area contributed by atoms with Crippen molar-refractivity contribution in [2.75, 3.05) is 39.5 Å². The monoisotopic (exact) mass is 508 g/mol. The molecule has 0 saturated carbocycles. The molecule has 4 rings (SSSR count). The first-order chi connectivity index (χ1) is 16.8. The molecule has 2 aromatic rings. The predicted octanol–water partition coefficient (Wildman–Crippen LogP) is 5.44. The number of hydrogen-bond acceptors (Lipinski definition) is 4. The second-order valence-electron chi connectivity index (χ2n) is 9.30. The van der Waals surface area contributed by atoms with Gasteiger partial charge >= 0.3 is 0 Å². The number of nitrogens with one attached hydrogen (secondary N) is 1. The van der Waals surface area contributed by atoms with Crippen LogP contribution in [-0.2, 0) is 6.42 Å². The Bertz CT molecular complexity index is 1060. The minimum atomic E-state index is -3.23. The van der Waals surface area contributed by atoms with E-state index in [1.165, 1.54) is 16.7 Å². The third-order valence-corrected chi connectivity index (χ3v) is 7.12. The summed E-state index contributed by atoms with van der Waals surface area (Å²) in [4.78, 5) is 1.77. The molecule has 0 spiro atoms. The SMILES string of the molecule is C[C@@H]1CC2=C(Cc3ccccc32)[C@@H](c2cc(OCCNCCCF)ccc2Cl)N1CC(F)(F)CO. The number of aliphatic hydroxyl groups is 1. The van der Waals surface area contributed by atoms with E-state index in [-0.39, 0.29) is 12.7 Å². The van der Waals surface area contributed by atoms with Crippen molar-refractivity contribution in [2.45, 2.75) is 44.2 Å². The Morgan fingerprint density at radius 3 is 2.77 bits per heavy atom. The highest BCUT2D eigenvalue weighted by molar-refractivity contribution is 6.31. The van der Waals surface area contributed by atoms with Crippen molar-refractivity contribution in [3.63, 3.8) is 0 Å². The lowest BCUT2D eigenvalue weighted by atomic mass is 9.85. The maximum Gasteiger partial charge on any atom is 0.283 e. The molecule has 1 heterocycles. The molecule has 4 nitrogen and oxygen atoms in total. The van der Waals surface area contributed by atoms with Gasteiger partial charge in [0.2, 0.25) is 0 Å². The van der Waals surface area contributed by atoms with Crippen LogP contribution in [0.2, 0.25) is 5.02 Å². The van der Waals surface area contributed by atoms with Gasteiger partial charge in [0.05, 0.1) is 19.3 Å². The maximum absolute atomic E-state index is 14.5. The Morgan fingerprint density at radius 2 is 2.00 bits per heavy atom. The largest absolute Gasteiger partial charge is 0.492 e. The van der Waals surface area contributed by atoms with Crippen LogP contribution in [-0.4, -0.2) is 61.5 Å². The summed E-state index contributed by atoms with van der Waals surface area (Å²) in [6, 6.07) is 12.9. The molecule has 1 aliphatic carbocycles. The highest BCUT2D eigenvalue weighted by Gasteiger charge is 2.43. The first-order valence-corrected chi connectivity index (χ1v) is 12.5. The van der Waals surface area contributed by atoms with Crippen molar-refractivity contribution in [2.24, 2.45) is 0 Å². The van der Waals surface area contributed by atoms with Gasteiger partial charge in [-0.15, -0.1) is 0 Å². The second-order valence-corrected chi connectivity index (χ2v) is 9.71. The summed E-state index contributed by atoms with van der Waals surface area (Å²) >= 11 is 6.68. The molecular formula is C27H32ClF3N2O2. The van der Waals surface area contributed by atoms with Gasteiger partial charge in [0, 0.05) is 17.6 Å². The van der Waals surface area contributed by atoms with Crippen molar-refractivity contribution in [1.82, 2.24) is 10.2 Å². The molecule has 0 aromatic heterocycles. The van der Waals surface area contributed by atoms with Gasteiger partial charge in [-0.2, -0.15) is 0 Å². The molecule has 1 aliphatic heterocycles. The van der Waals surface area contributed by atoms with Gasteiger partial charge in [-0.05, 0) is 78.8 Å². The molecule has 0 fully saturated rings. The number of ether oxygens (including phenoxy) is 1. The van der Waals surface area contributed by atoms with Crippen molar-refractivity contribution < 1.29 is 23.0 Å². The minimum Gasteiger partial charge on any atom is -0.492 e. The fraction of sp³-hybridized carbons (Fsp3) is 0.481. The van der Waals surface area contributed by atoms with Crippen LogP contribution in [0.4, 0.5) is 13.2 Å². The molecular weight excluding hydrogens is 477 g/mol. The topological polar surface area (TPSA) is 44.7 Å². The minimum absolute atomic E-state index is 0.178. The number of alkyl halides is 3. The molecule has 8 heteroatoms. The predicted molar refractivity (Wildman–Crippen MR) is 133 cm³/mol. The summed E-state index contributed by atoms with van der Waals surface area (Å²) in [7, 11) is 0. The van der Waals surface area contributed by atoms with Gasteiger partial charge in [0.1, 0.15) is 19.0 Å². The van der Waals surface area contributed by atoms with Crippen LogP contribution in [0.3, 0.4) is 0 Å². The van der Waals surface area contributed by atoms with Crippen LogP contribution in [0.1, 0.15) is 42.5 Å². The van der Waals surface area contributed by atoms with Crippen LogP contribution in [0.25, 0.3) is 5.57 Å². The van der Waals surface area contributed by atoms with Crippen molar-refractivity contribution in [3.05, 3.63) is 69.8 Å². The molecule has 2 aliphatic rings. The van der Waals surface area contributed by atoms with E-state index in [9.17, 15) is 18.3 Å². The fourth-order valence-electron chi connectivity index (χ4n) is 5.13. The summed E-state index contributed by atoms with van der Waals surface area (Å²) in [6.07, 6.45) is 1.78. The van der Waals surface area contributed by atoms with Crippen molar-refractivity contribution in [1.29, 1.82) is 0 Å². The van der Waals surface area contributed by atoms with Crippen LogP contribution in [0, 0.1) is 0 Å². The average molecular weight is 509 g/mol. The summed E-state index contributed by atoms with van der Waals surface area (Å²) < 4.78 is 47.1. The van der Waals surface area contributed by atoms with E-state index >= 15 is 0 Å². The average Bonchev–Trinajstić information content (AvgIpc) is 3.21. The quantitative estimate of drug-likeness (QED) is 0.397. The van der Waals surface area contributed by atoms with E-state index in [1.54, 1.807) is 17.0 Å². The molecule has 35 heavy (non-hydrogen) atoms. The summed E-state index contributed by atoms with van der Waals surface area (Å²) in [5.74, 6) is -2.64. The van der Waals surface area contributed by atoms with Gasteiger partial charge < -0.3 is 15.2 Å². The van der Waals surface area contributed by atoms with Crippen LogP contribution in [0.5, 0.6) is 5.75 Å². The number of nitrogens with zero attached hydrogens (tertiary/aromatic N) is 1. The van der Waals surface area contributed by atoms with E-state index in [0.717, 1.165) is 11.1 Å². The number of halogens is 4. The van der Waals surface area contributed by atoms with Gasteiger partial charge in [0.25, 0.3) is 5.92 Å². The number of fused-ring (bicyclic) bond motifs is 2. The molecule has 0 unspecified atom stereocenters. The third-order valence-electron chi connectivity index (χ3n) is 6.78. The normalized spacial score (nSPS) is 20.2. The van der Waals surface area contributed by atoms with E-state index in [4.69, 9.17) is 16.3 Å². The Balaban J connectivity index is 1.66. The van der Waals surface area contributed by atoms with Gasteiger partial charge in [-0.3, -0.25) is 9.29 Å². The Labute approximate surface area is 209 Å². The highest BCUT2D eigenvalue weighted by atomic mass is 35.5. The van der Waals surface area contributed by atoms with E-state index < -0.39 is 25.1 Å². The highest BCUT2D eigenvalue weighted by Crippen LogP contribution is 2.50. The molecule has 0 saturated heterocycles. The Morgan fingerprint density at radius 1 is 1.20 bits per heavy atom. The van der Waals surface area contributed by atoms with E-state index in [2.05, 4.69) is 17.4 Å². The molecule has 2 N–H and O–H groups in total. The number of hydrogen-bond donors (Lipinski definition) is 2. The lowest BCUT2D eigenvalue weighted by Crippen LogP contribution is -2.48. The van der Waals surface area contributed by atoms with Gasteiger partial charge in [-0.25, -0.2) is 8.78 Å². The maximum atomic E-state index is 14.5. The van der Waals surface area contributed by atoms with Crippen LogP contribution < -0.4 is 10.1 Å². The Hall–Kier alpha value is -2.06. The van der Waals surface area contributed by atoms with Crippen molar-refractivity contribution in [3.8, 4) is 5.75 Å². The van der Waals surface area contributed by atoms with Crippen LogP contribution in [0.15, 0.2) is 48.0 Å². The van der Waals surface area contributed by atoms with Gasteiger partial charge in [0.15, 0.2) is 0 Å². The smallest absolute Gasteiger partial charge is 0.283 e. The van der Waals surface area contributed by atoms with E-state index in [0.29, 0.717) is 49.7 Å². The Kier molecular flexibility index (Phi) is 8.42. The first kappa shape index (κ1) is 26.0. The zero-order valence-electron chi connectivity index (χ0n) is 19.9. The zero-order chi connectivity index (χ0) is 25.0. The fourth-order valence-corrected chi connectivity index (χ4v) is 5.35. The first-order valence-electron chi connectivity index (χ1n) is 12.1. The van der Waals surface area contributed by atoms with Crippen LogP contribution >= 0.6 is 11.6 Å². The number of rotatable bonds is 11. The third kappa shape index (κ3) is 5.85. The zero-order valence-corrected chi connectivity index (χ0v) is 20.6. The van der Waals surface area contributed by atoms with Gasteiger partial charge in [-0.1, -0.05) is 35.9 Å². The molecule has 0 bridgehead atoms. The lowest BCUT2D eigenvalue weighted by molar-refractivity contribution is -0.0857. The summed E-state index contributed by atoms with van der Waals surface area (Å²) in [5.41, 5.74) is 5.35. The molecule has 2 atom stereocenters. The lowest BCUT2D eigenvalue weighted by Gasteiger charge is -2.43. The standard InChI is InChI=1S/C27H32ClF3N2O2/c1-18-13-22-21-6-3-2-5-19(21)14-23(22)26(33(18)16-27(30,31)17-34)24-15-20(7-8-25(24)28)35-12-11-32-10-4-9-29/h2-3,5-8,15,18,26,32,34H,4,9-14,16-17H2,1H3/t18-,26+/m1/s1. The molecule has 2 aromatic carbocycles. The second kappa shape index (κ2) is 11.3. The summed E-state index contributed by atoms with van der Waals surface area (Å²) in [6.45, 7) is 1.35. The van der Waals surface area contributed by atoms with E-state index in [1.807, 2.05) is 25.1 Å². The molecule has 0 radical (unpaired) electrons. The van der Waals surface area contributed by atoms with Crippen molar-refractivity contribution >= 4 is 17.2 Å². The number of benzene rings is 2.